The van der Waals surface area contributed by atoms with Gasteiger partial charge < -0.3 is 10.3 Å². The predicted octanol–water partition coefficient (Wildman–Crippen LogP) is 1.85. The van der Waals surface area contributed by atoms with Crippen molar-refractivity contribution in [3.8, 4) is 0 Å². The zero-order chi connectivity index (χ0) is 10.5. The van der Waals surface area contributed by atoms with Crippen LogP contribution in [0.1, 0.15) is 57.2 Å². The van der Waals surface area contributed by atoms with E-state index < -0.39 is 0 Å². The van der Waals surface area contributed by atoms with E-state index in [4.69, 9.17) is 10.3 Å². The molecule has 2 aliphatic rings. The molecule has 2 saturated carbocycles. The summed E-state index contributed by atoms with van der Waals surface area (Å²) in [4.78, 5) is 4.50. The average Bonchev–Trinajstić information content (AvgIpc) is 2.74. The highest BCUT2D eigenvalue weighted by Gasteiger charge is 2.45. The maximum absolute atomic E-state index is 6.26. The molecular weight excluding hydrogens is 190 g/mol. The van der Waals surface area contributed by atoms with Gasteiger partial charge in [-0.15, -0.1) is 0 Å². The van der Waals surface area contributed by atoms with Gasteiger partial charge in [0.1, 0.15) is 0 Å². The zero-order valence-electron chi connectivity index (χ0n) is 9.12. The molecule has 2 fully saturated rings. The second-order valence-electron chi connectivity index (χ2n) is 5.35. The average molecular weight is 207 g/mol. The normalized spacial score (nSPS) is 26.8. The van der Waals surface area contributed by atoms with Crippen molar-refractivity contribution >= 4 is 0 Å². The molecule has 1 aromatic rings. The van der Waals surface area contributed by atoms with Crippen LogP contribution in [0.25, 0.3) is 0 Å². The van der Waals surface area contributed by atoms with E-state index in [1.807, 2.05) is 0 Å². The first-order valence-corrected chi connectivity index (χ1v) is 5.76. The fraction of sp³-hybridized carbons (Fsp3) is 0.818. The minimum Gasteiger partial charge on any atom is -0.337 e. The van der Waals surface area contributed by atoms with E-state index in [0.29, 0.717) is 5.89 Å². The van der Waals surface area contributed by atoms with E-state index in [-0.39, 0.29) is 11.0 Å². The van der Waals surface area contributed by atoms with E-state index in [0.717, 1.165) is 18.7 Å². The molecule has 1 aromatic heterocycles. The molecule has 82 valence electrons. The van der Waals surface area contributed by atoms with Gasteiger partial charge in [-0.05, 0) is 25.7 Å². The Kier molecular flexibility index (Phi) is 1.75. The largest absolute Gasteiger partial charge is 0.337 e. The number of hydrogen-bond donors (Lipinski definition) is 1. The maximum atomic E-state index is 6.26. The van der Waals surface area contributed by atoms with E-state index in [1.54, 1.807) is 0 Å². The van der Waals surface area contributed by atoms with Gasteiger partial charge in [-0.3, -0.25) is 0 Å². The molecule has 0 radical (unpaired) electrons. The van der Waals surface area contributed by atoms with Crippen LogP contribution in [0.15, 0.2) is 4.52 Å². The van der Waals surface area contributed by atoms with Crippen molar-refractivity contribution in [3.05, 3.63) is 11.7 Å². The molecule has 3 rings (SSSR count). The van der Waals surface area contributed by atoms with Crippen molar-refractivity contribution in [2.75, 3.05) is 0 Å². The van der Waals surface area contributed by atoms with Crippen molar-refractivity contribution in [2.45, 2.75) is 56.4 Å². The standard InChI is InChI=1S/C11H17N3O/c1-10(6-7-10)8-13-9(15-14-8)11(12)4-2-3-5-11/h2-7,12H2,1H3. The SMILES string of the molecule is CC1(c2noc(C3(N)CCCC3)n2)CC1. The number of hydrogen-bond acceptors (Lipinski definition) is 4. The molecule has 0 saturated heterocycles. The van der Waals surface area contributed by atoms with Crippen molar-refractivity contribution in [1.29, 1.82) is 0 Å². The quantitative estimate of drug-likeness (QED) is 0.803. The third kappa shape index (κ3) is 1.39. The van der Waals surface area contributed by atoms with Crippen LogP contribution in [0, 0.1) is 0 Å². The third-order valence-electron chi connectivity index (χ3n) is 3.89. The zero-order valence-corrected chi connectivity index (χ0v) is 9.12. The van der Waals surface area contributed by atoms with Gasteiger partial charge in [0, 0.05) is 5.41 Å². The van der Waals surface area contributed by atoms with Gasteiger partial charge in [0.2, 0.25) is 5.89 Å². The van der Waals surface area contributed by atoms with Crippen LogP contribution in [-0.2, 0) is 11.0 Å². The van der Waals surface area contributed by atoms with Crippen LogP contribution in [0.5, 0.6) is 0 Å². The van der Waals surface area contributed by atoms with Crippen LogP contribution < -0.4 is 5.73 Å². The Balaban J connectivity index is 1.90. The van der Waals surface area contributed by atoms with Crippen molar-refractivity contribution in [2.24, 2.45) is 5.73 Å². The summed E-state index contributed by atoms with van der Waals surface area (Å²) in [6.07, 6.45) is 6.64. The molecule has 1 heterocycles. The lowest BCUT2D eigenvalue weighted by atomic mass is 9.99. The van der Waals surface area contributed by atoms with Gasteiger partial charge in [0.25, 0.3) is 0 Å². The number of aromatic nitrogens is 2. The minimum atomic E-state index is -0.337. The van der Waals surface area contributed by atoms with Crippen LogP contribution in [0.3, 0.4) is 0 Å². The van der Waals surface area contributed by atoms with E-state index in [9.17, 15) is 0 Å². The summed E-state index contributed by atoms with van der Waals surface area (Å²) >= 11 is 0. The van der Waals surface area contributed by atoms with E-state index in [1.165, 1.54) is 25.7 Å². The monoisotopic (exact) mass is 207 g/mol. The summed E-state index contributed by atoms with van der Waals surface area (Å²) in [5.41, 5.74) is 6.10. The number of nitrogens with two attached hydrogens (primary N) is 1. The highest BCUT2D eigenvalue weighted by atomic mass is 16.5. The van der Waals surface area contributed by atoms with Crippen LogP contribution in [-0.4, -0.2) is 10.1 Å². The summed E-state index contributed by atoms with van der Waals surface area (Å²) in [6, 6.07) is 0. The lowest BCUT2D eigenvalue weighted by Gasteiger charge is -2.17. The Morgan fingerprint density at radius 1 is 1.20 bits per heavy atom. The minimum absolute atomic E-state index is 0.177. The van der Waals surface area contributed by atoms with Crippen molar-refractivity contribution < 1.29 is 4.52 Å². The molecule has 0 atom stereocenters. The summed E-state index contributed by atoms with van der Waals surface area (Å²) in [5, 5.41) is 4.07. The molecule has 0 aromatic carbocycles. The lowest BCUT2D eigenvalue weighted by molar-refractivity contribution is 0.283. The number of rotatable bonds is 2. The molecular formula is C11H17N3O. The molecule has 4 heteroatoms. The Morgan fingerprint density at radius 2 is 1.87 bits per heavy atom. The fourth-order valence-electron chi connectivity index (χ4n) is 2.30. The van der Waals surface area contributed by atoms with Gasteiger partial charge >= 0.3 is 0 Å². The molecule has 0 unspecified atom stereocenters. The topological polar surface area (TPSA) is 64.9 Å². The molecule has 2 aliphatic carbocycles. The lowest BCUT2D eigenvalue weighted by Crippen LogP contribution is -2.33. The molecule has 0 amide bonds. The molecule has 0 spiro atoms. The van der Waals surface area contributed by atoms with Gasteiger partial charge in [0.05, 0.1) is 5.54 Å². The highest BCUT2D eigenvalue weighted by molar-refractivity contribution is 5.16. The molecule has 2 N–H and O–H groups in total. The second kappa shape index (κ2) is 2.82. The van der Waals surface area contributed by atoms with Crippen molar-refractivity contribution in [1.82, 2.24) is 10.1 Å². The molecule has 0 bridgehead atoms. The first-order chi connectivity index (χ1) is 7.12. The Hall–Kier alpha value is -0.900. The highest BCUT2D eigenvalue weighted by Crippen LogP contribution is 2.46. The molecule has 0 aliphatic heterocycles. The van der Waals surface area contributed by atoms with E-state index in [2.05, 4.69) is 17.1 Å². The molecule has 4 nitrogen and oxygen atoms in total. The van der Waals surface area contributed by atoms with Gasteiger partial charge in [-0.1, -0.05) is 24.9 Å². The Labute approximate surface area is 89.2 Å². The summed E-state index contributed by atoms with van der Waals surface area (Å²) in [6.45, 7) is 2.18. The van der Waals surface area contributed by atoms with Crippen LogP contribution in [0.2, 0.25) is 0 Å². The van der Waals surface area contributed by atoms with Crippen LogP contribution in [0.4, 0.5) is 0 Å². The maximum Gasteiger partial charge on any atom is 0.246 e. The predicted molar refractivity (Wildman–Crippen MR) is 55.2 cm³/mol. The molecule has 15 heavy (non-hydrogen) atoms. The van der Waals surface area contributed by atoms with Gasteiger partial charge in [-0.25, -0.2) is 0 Å². The number of nitrogens with zero attached hydrogens (tertiary/aromatic N) is 2. The van der Waals surface area contributed by atoms with Gasteiger partial charge in [-0.2, -0.15) is 4.98 Å². The van der Waals surface area contributed by atoms with Crippen molar-refractivity contribution in [3.63, 3.8) is 0 Å². The fourth-order valence-corrected chi connectivity index (χ4v) is 2.30. The summed E-state index contributed by atoms with van der Waals surface area (Å²) in [5.74, 6) is 1.51. The first-order valence-electron chi connectivity index (χ1n) is 5.76. The summed E-state index contributed by atoms with van der Waals surface area (Å²) in [7, 11) is 0. The van der Waals surface area contributed by atoms with Crippen LogP contribution >= 0.6 is 0 Å². The van der Waals surface area contributed by atoms with E-state index >= 15 is 0 Å². The smallest absolute Gasteiger partial charge is 0.246 e. The summed E-state index contributed by atoms with van der Waals surface area (Å²) < 4.78 is 5.33. The Morgan fingerprint density at radius 3 is 2.47 bits per heavy atom. The second-order valence-corrected chi connectivity index (χ2v) is 5.35. The first kappa shape index (κ1) is 9.33. The third-order valence-corrected chi connectivity index (χ3v) is 3.89. The van der Waals surface area contributed by atoms with Gasteiger partial charge in [0.15, 0.2) is 5.82 Å². The Bertz CT molecular complexity index is 375.